The third-order valence-corrected chi connectivity index (χ3v) is 4.22. The first-order valence-electron chi connectivity index (χ1n) is 8.00. The summed E-state index contributed by atoms with van der Waals surface area (Å²) >= 11 is 0. The summed E-state index contributed by atoms with van der Waals surface area (Å²) in [4.78, 5) is 23.1. The molecule has 0 spiro atoms. The lowest BCUT2D eigenvalue weighted by Crippen LogP contribution is -2.43. The predicted octanol–water partition coefficient (Wildman–Crippen LogP) is 0.785. The van der Waals surface area contributed by atoms with Crippen LogP contribution < -0.4 is 10.2 Å². The minimum absolute atomic E-state index is 0.0188. The van der Waals surface area contributed by atoms with E-state index in [-0.39, 0.29) is 11.8 Å². The molecule has 2 aromatic heterocycles. The van der Waals surface area contributed by atoms with Crippen LogP contribution >= 0.6 is 0 Å². The van der Waals surface area contributed by atoms with Gasteiger partial charge >= 0.3 is 0 Å². The van der Waals surface area contributed by atoms with E-state index in [4.69, 9.17) is 0 Å². The van der Waals surface area contributed by atoms with Crippen molar-refractivity contribution in [2.45, 2.75) is 19.3 Å². The molecule has 1 N–H and O–H groups in total. The number of pyridine rings is 1. The fraction of sp³-hybridized carbons (Fsp3) is 0.500. The Morgan fingerprint density at radius 2 is 2.30 bits per heavy atom. The number of aryl methyl sites for hydroxylation is 1. The average Bonchev–Trinajstić information content (AvgIpc) is 3.01. The molecule has 1 amide bonds. The highest BCUT2D eigenvalue weighted by molar-refractivity contribution is 5.79. The molecular weight excluding hydrogens is 292 g/mol. The highest BCUT2D eigenvalue weighted by Crippen LogP contribution is 2.21. The summed E-state index contributed by atoms with van der Waals surface area (Å²) < 4.78 is 1.73. The van der Waals surface area contributed by atoms with Crippen LogP contribution in [-0.2, 0) is 18.3 Å². The topological polar surface area (TPSA) is 75.9 Å². The first kappa shape index (κ1) is 15.5. The molecule has 1 fully saturated rings. The van der Waals surface area contributed by atoms with E-state index in [2.05, 4.69) is 25.3 Å². The monoisotopic (exact) mass is 314 g/mol. The maximum absolute atomic E-state index is 12.4. The average molecular weight is 314 g/mol. The van der Waals surface area contributed by atoms with Gasteiger partial charge < -0.3 is 10.2 Å². The van der Waals surface area contributed by atoms with Gasteiger partial charge in [0.1, 0.15) is 18.0 Å². The first-order valence-corrected chi connectivity index (χ1v) is 8.00. The number of nitrogens with one attached hydrogen (secondary N) is 1. The molecule has 0 aliphatic carbocycles. The summed E-state index contributed by atoms with van der Waals surface area (Å²) in [5.74, 6) is 1.96. The Labute approximate surface area is 135 Å². The Kier molecular flexibility index (Phi) is 4.85. The van der Waals surface area contributed by atoms with Crippen molar-refractivity contribution >= 4 is 11.7 Å². The van der Waals surface area contributed by atoms with E-state index in [0.29, 0.717) is 13.0 Å². The minimum atomic E-state index is 0.0188. The maximum atomic E-state index is 12.4. The number of anilines is 1. The Bertz CT molecular complexity index is 641. The molecule has 0 saturated carbocycles. The zero-order chi connectivity index (χ0) is 16.1. The summed E-state index contributed by atoms with van der Waals surface area (Å²) in [6.07, 6.45) is 5.96. The zero-order valence-electron chi connectivity index (χ0n) is 13.4. The Hall–Kier alpha value is -2.44. The molecule has 1 aliphatic heterocycles. The number of amides is 1. The van der Waals surface area contributed by atoms with Crippen molar-refractivity contribution in [1.29, 1.82) is 0 Å². The second-order valence-corrected chi connectivity index (χ2v) is 5.81. The van der Waals surface area contributed by atoms with Gasteiger partial charge in [0.25, 0.3) is 0 Å². The minimum Gasteiger partial charge on any atom is -0.356 e. The smallest absolute Gasteiger partial charge is 0.224 e. The molecular formula is C16H22N6O. The van der Waals surface area contributed by atoms with E-state index in [1.807, 2.05) is 25.2 Å². The predicted molar refractivity (Wildman–Crippen MR) is 86.9 cm³/mol. The lowest BCUT2D eigenvalue weighted by Gasteiger charge is -2.32. The van der Waals surface area contributed by atoms with Crippen LogP contribution in [0.15, 0.2) is 30.7 Å². The van der Waals surface area contributed by atoms with E-state index in [9.17, 15) is 4.79 Å². The Morgan fingerprint density at radius 1 is 1.39 bits per heavy atom. The van der Waals surface area contributed by atoms with Crippen LogP contribution in [0.4, 0.5) is 5.82 Å². The van der Waals surface area contributed by atoms with Crippen LogP contribution in [0.1, 0.15) is 18.7 Å². The van der Waals surface area contributed by atoms with E-state index in [1.165, 1.54) is 6.33 Å². The van der Waals surface area contributed by atoms with Crippen molar-refractivity contribution < 1.29 is 4.79 Å². The van der Waals surface area contributed by atoms with E-state index < -0.39 is 0 Å². The fourth-order valence-electron chi connectivity index (χ4n) is 2.93. The summed E-state index contributed by atoms with van der Waals surface area (Å²) in [5, 5.41) is 7.05. The third kappa shape index (κ3) is 3.85. The standard InChI is InChI=1S/C16H22N6O/c1-21-14(19-12-20-21)7-9-18-16(23)13-5-4-10-22(11-13)15-6-2-3-8-17-15/h2-3,6,8,12-13H,4-5,7,9-11H2,1H3,(H,18,23). The van der Waals surface area contributed by atoms with Crippen LogP contribution in [0, 0.1) is 5.92 Å². The second kappa shape index (κ2) is 7.21. The summed E-state index contributed by atoms with van der Waals surface area (Å²) in [7, 11) is 1.86. The molecule has 1 unspecified atom stereocenters. The van der Waals surface area contributed by atoms with E-state index >= 15 is 0 Å². The Morgan fingerprint density at radius 3 is 3.04 bits per heavy atom. The van der Waals surface area contributed by atoms with Crippen molar-refractivity contribution in [3.63, 3.8) is 0 Å². The molecule has 1 saturated heterocycles. The number of piperidine rings is 1. The molecule has 2 aromatic rings. The molecule has 7 nitrogen and oxygen atoms in total. The molecule has 122 valence electrons. The van der Waals surface area contributed by atoms with Gasteiger partial charge in [-0.05, 0) is 25.0 Å². The van der Waals surface area contributed by atoms with Crippen molar-refractivity contribution in [2.24, 2.45) is 13.0 Å². The van der Waals surface area contributed by atoms with Crippen LogP contribution in [0.5, 0.6) is 0 Å². The van der Waals surface area contributed by atoms with Gasteiger partial charge in [0, 0.05) is 39.3 Å². The second-order valence-electron chi connectivity index (χ2n) is 5.81. The molecule has 0 aromatic carbocycles. The van der Waals surface area contributed by atoms with Gasteiger partial charge in [0.2, 0.25) is 5.91 Å². The highest BCUT2D eigenvalue weighted by atomic mass is 16.1. The number of carbonyl (C=O) groups is 1. The maximum Gasteiger partial charge on any atom is 0.224 e. The molecule has 1 aliphatic rings. The van der Waals surface area contributed by atoms with Crippen molar-refractivity contribution in [3.05, 3.63) is 36.5 Å². The normalized spacial score (nSPS) is 18.0. The van der Waals surface area contributed by atoms with E-state index in [0.717, 1.165) is 37.6 Å². The summed E-state index contributed by atoms with van der Waals surface area (Å²) in [5.41, 5.74) is 0. The number of hydrogen-bond donors (Lipinski definition) is 1. The fourth-order valence-corrected chi connectivity index (χ4v) is 2.93. The van der Waals surface area contributed by atoms with Crippen molar-refractivity contribution in [2.75, 3.05) is 24.5 Å². The highest BCUT2D eigenvalue weighted by Gasteiger charge is 2.26. The lowest BCUT2D eigenvalue weighted by atomic mass is 9.97. The third-order valence-electron chi connectivity index (χ3n) is 4.22. The summed E-state index contributed by atoms with van der Waals surface area (Å²) in [6.45, 7) is 2.28. The molecule has 23 heavy (non-hydrogen) atoms. The van der Waals surface area contributed by atoms with Crippen molar-refractivity contribution in [3.8, 4) is 0 Å². The van der Waals surface area contributed by atoms with Crippen molar-refractivity contribution in [1.82, 2.24) is 25.1 Å². The van der Waals surface area contributed by atoms with Crippen LogP contribution in [0.25, 0.3) is 0 Å². The molecule has 3 rings (SSSR count). The Balaban J connectivity index is 1.50. The molecule has 0 radical (unpaired) electrons. The zero-order valence-corrected chi connectivity index (χ0v) is 13.4. The number of hydrogen-bond acceptors (Lipinski definition) is 5. The van der Waals surface area contributed by atoms with Gasteiger partial charge in [0.05, 0.1) is 5.92 Å². The van der Waals surface area contributed by atoms with Crippen LogP contribution in [0.3, 0.4) is 0 Å². The van der Waals surface area contributed by atoms with Gasteiger partial charge in [-0.1, -0.05) is 6.07 Å². The number of rotatable bonds is 5. The quantitative estimate of drug-likeness (QED) is 0.883. The first-order chi connectivity index (χ1) is 11.2. The van der Waals surface area contributed by atoms with Crippen LogP contribution in [-0.4, -0.2) is 45.3 Å². The van der Waals surface area contributed by atoms with Gasteiger partial charge in [-0.3, -0.25) is 9.48 Å². The van der Waals surface area contributed by atoms with Gasteiger partial charge in [-0.25, -0.2) is 9.97 Å². The summed E-state index contributed by atoms with van der Waals surface area (Å²) in [6, 6.07) is 5.88. The number of nitrogens with zero attached hydrogens (tertiary/aromatic N) is 5. The molecule has 0 bridgehead atoms. The molecule has 7 heteroatoms. The van der Waals surface area contributed by atoms with Gasteiger partial charge in [-0.15, -0.1) is 0 Å². The number of aromatic nitrogens is 4. The van der Waals surface area contributed by atoms with Gasteiger partial charge in [0.15, 0.2) is 0 Å². The molecule has 1 atom stereocenters. The molecule has 3 heterocycles. The number of carbonyl (C=O) groups excluding carboxylic acids is 1. The largest absolute Gasteiger partial charge is 0.356 e. The lowest BCUT2D eigenvalue weighted by molar-refractivity contribution is -0.125. The van der Waals surface area contributed by atoms with Gasteiger partial charge in [-0.2, -0.15) is 5.10 Å². The SMILES string of the molecule is Cn1ncnc1CCNC(=O)C1CCCN(c2ccccn2)C1. The van der Waals surface area contributed by atoms with E-state index in [1.54, 1.807) is 10.9 Å². The van der Waals surface area contributed by atoms with Crippen LogP contribution in [0.2, 0.25) is 0 Å².